The van der Waals surface area contributed by atoms with Gasteiger partial charge in [-0.1, -0.05) is 36.4 Å². The van der Waals surface area contributed by atoms with Crippen LogP contribution in [-0.2, 0) is 27.2 Å². The number of nitrogens with one attached hydrogen (secondary N) is 2. The first kappa shape index (κ1) is 29.5. The quantitative estimate of drug-likeness (QED) is 0.285. The fraction of sp³-hybridized carbons (Fsp3) is 0.552. The second-order valence-electron chi connectivity index (χ2n) is 9.93. The molecule has 3 rings (SSSR count). The molecule has 1 amide bonds. The third-order valence-corrected chi connectivity index (χ3v) is 7.12. The Morgan fingerprint density at radius 3 is 2.68 bits per heavy atom. The molecule has 0 aliphatic carbocycles. The van der Waals surface area contributed by atoms with Crippen LogP contribution >= 0.6 is 0 Å². The predicted molar refractivity (Wildman–Crippen MR) is 146 cm³/mol. The first-order valence-electron chi connectivity index (χ1n) is 13.5. The number of halogens is 1. The van der Waals surface area contributed by atoms with E-state index in [0.29, 0.717) is 19.6 Å². The first-order chi connectivity index (χ1) is 18.4. The minimum absolute atomic E-state index is 0.212. The van der Waals surface area contributed by atoms with Crippen LogP contribution in [0, 0.1) is 0 Å². The number of aliphatic carboxylic acids is 1. The molecular formula is C29H41FN4O4. The van der Waals surface area contributed by atoms with Crippen LogP contribution in [0.3, 0.4) is 0 Å². The van der Waals surface area contributed by atoms with Crippen LogP contribution in [0.25, 0.3) is 0 Å². The largest absolute Gasteiger partial charge is 0.480 e. The summed E-state index contributed by atoms with van der Waals surface area (Å²) in [6.45, 7) is 3.52. The molecule has 0 saturated heterocycles. The number of fused-ring (bicyclic) bond motifs is 1. The van der Waals surface area contributed by atoms with Gasteiger partial charge in [0.2, 0.25) is 5.91 Å². The zero-order chi connectivity index (χ0) is 27.3. The zero-order valence-electron chi connectivity index (χ0n) is 22.5. The standard InChI is InChI=1S/C29H41FN4O4/c1-21(22-9-4-3-5-10-22)28(35)33-26(29(36)37)15-18-34(20-25(19-30)38-2)17-7-6-12-24-14-13-23-11-8-16-31-27(23)32-24/h3-5,9-10,13-14,21,25-26H,6-8,11-12,15-20H2,1-2H3,(H,31,32)(H,33,35)(H,36,37)/t21-,25-,26+/m1/s1. The van der Waals surface area contributed by atoms with E-state index in [4.69, 9.17) is 9.72 Å². The molecule has 3 N–H and O–H groups in total. The van der Waals surface area contributed by atoms with Gasteiger partial charge in [-0.2, -0.15) is 0 Å². The van der Waals surface area contributed by atoms with E-state index in [-0.39, 0.29) is 12.3 Å². The van der Waals surface area contributed by atoms with Crippen molar-refractivity contribution in [2.24, 2.45) is 0 Å². The molecule has 2 aromatic rings. The first-order valence-corrected chi connectivity index (χ1v) is 13.5. The van der Waals surface area contributed by atoms with Crippen LogP contribution in [0.15, 0.2) is 42.5 Å². The molecule has 1 aromatic carbocycles. The lowest BCUT2D eigenvalue weighted by Crippen LogP contribution is -2.45. The minimum Gasteiger partial charge on any atom is -0.480 e. The summed E-state index contributed by atoms with van der Waals surface area (Å²) >= 11 is 0. The summed E-state index contributed by atoms with van der Waals surface area (Å²) in [6.07, 6.45) is 4.41. The third-order valence-electron chi connectivity index (χ3n) is 7.12. The number of rotatable bonds is 16. The number of alkyl halides is 1. The molecule has 2 heterocycles. The number of aromatic nitrogens is 1. The average Bonchev–Trinajstić information content (AvgIpc) is 2.95. The number of ether oxygens (including phenoxy) is 1. The zero-order valence-corrected chi connectivity index (χ0v) is 22.5. The van der Waals surface area contributed by atoms with Crippen LogP contribution in [0.1, 0.15) is 55.3 Å². The highest BCUT2D eigenvalue weighted by atomic mass is 19.1. The summed E-state index contributed by atoms with van der Waals surface area (Å²) < 4.78 is 18.6. The van der Waals surface area contributed by atoms with Crippen molar-refractivity contribution < 1.29 is 23.8 Å². The van der Waals surface area contributed by atoms with Gasteiger partial charge >= 0.3 is 5.97 Å². The Hall–Kier alpha value is -3.04. The third kappa shape index (κ3) is 9.06. The summed E-state index contributed by atoms with van der Waals surface area (Å²) in [7, 11) is 1.48. The van der Waals surface area contributed by atoms with Crippen LogP contribution in [-0.4, -0.2) is 79.0 Å². The molecule has 1 aromatic heterocycles. The van der Waals surface area contributed by atoms with Gasteiger partial charge in [0.25, 0.3) is 0 Å². The second kappa shape index (κ2) is 15.4. The number of nitrogens with zero attached hydrogens (tertiary/aromatic N) is 2. The minimum atomic E-state index is -1.08. The predicted octanol–water partition coefficient (Wildman–Crippen LogP) is 3.81. The number of unbranched alkanes of at least 4 members (excludes halogenated alkanes) is 1. The van der Waals surface area contributed by atoms with E-state index in [2.05, 4.69) is 22.8 Å². The van der Waals surface area contributed by atoms with Crippen molar-refractivity contribution in [3.8, 4) is 0 Å². The molecule has 9 heteroatoms. The van der Waals surface area contributed by atoms with Crippen molar-refractivity contribution in [3.63, 3.8) is 0 Å². The maximum absolute atomic E-state index is 13.4. The van der Waals surface area contributed by atoms with Crippen LogP contribution in [0.5, 0.6) is 0 Å². The number of carboxylic acid groups (broad SMARTS) is 1. The summed E-state index contributed by atoms with van der Waals surface area (Å²) in [6, 6.07) is 12.5. The molecule has 0 fully saturated rings. The number of amides is 1. The number of methoxy groups -OCH3 is 1. The van der Waals surface area contributed by atoms with Crippen molar-refractivity contribution >= 4 is 17.7 Å². The summed E-state index contributed by atoms with van der Waals surface area (Å²) in [4.78, 5) is 31.4. The summed E-state index contributed by atoms with van der Waals surface area (Å²) in [5, 5.41) is 15.8. The van der Waals surface area contributed by atoms with Crippen LogP contribution in [0.4, 0.5) is 10.2 Å². The fourth-order valence-electron chi connectivity index (χ4n) is 4.68. The number of benzene rings is 1. The van der Waals surface area contributed by atoms with Crippen molar-refractivity contribution in [3.05, 3.63) is 59.3 Å². The van der Waals surface area contributed by atoms with Gasteiger partial charge in [-0.15, -0.1) is 0 Å². The Bertz CT molecular complexity index is 1020. The van der Waals surface area contributed by atoms with Crippen molar-refractivity contribution in [2.45, 2.75) is 63.5 Å². The molecule has 8 nitrogen and oxygen atoms in total. The monoisotopic (exact) mass is 528 g/mol. The van der Waals surface area contributed by atoms with E-state index in [1.54, 1.807) is 6.92 Å². The van der Waals surface area contributed by atoms with Crippen molar-refractivity contribution in [1.82, 2.24) is 15.2 Å². The van der Waals surface area contributed by atoms with Crippen molar-refractivity contribution in [2.75, 3.05) is 45.3 Å². The van der Waals surface area contributed by atoms with Gasteiger partial charge in [0.15, 0.2) is 0 Å². The van der Waals surface area contributed by atoms with Gasteiger partial charge in [-0.25, -0.2) is 14.2 Å². The van der Waals surface area contributed by atoms with Gasteiger partial charge in [-0.3, -0.25) is 4.79 Å². The van der Waals surface area contributed by atoms with Gasteiger partial charge in [0.05, 0.1) is 12.0 Å². The summed E-state index contributed by atoms with van der Waals surface area (Å²) in [5.74, 6) is -0.893. The highest BCUT2D eigenvalue weighted by Crippen LogP contribution is 2.20. The van der Waals surface area contributed by atoms with E-state index in [9.17, 15) is 19.1 Å². The fourth-order valence-corrected chi connectivity index (χ4v) is 4.68. The smallest absolute Gasteiger partial charge is 0.326 e. The Balaban J connectivity index is 1.52. The number of hydrogen-bond acceptors (Lipinski definition) is 6. The van der Waals surface area contributed by atoms with Gasteiger partial charge in [0, 0.05) is 32.4 Å². The molecule has 3 atom stereocenters. The molecule has 0 saturated carbocycles. The maximum atomic E-state index is 13.4. The average molecular weight is 529 g/mol. The Morgan fingerprint density at radius 2 is 1.97 bits per heavy atom. The van der Waals surface area contributed by atoms with Crippen LogP contribution in [0.2, 0.25) is 0 Å². The van der Waals surface area contributed by atoms with Gasteiger partial charge in [0.1, 0.15) is 18.5 Å². The molecule has 0 unspecified atom stereocenters. The molecule has 1 aliphatic rings. The topological polar surface area (TPSA) is 104 Å². The molecule has 0 spiro atoms. The lowest BCUT2D eigenvalue weighted by Gasteiger charge is -2.27. The number of carboxylic acids is 1. The molecule has 0 radical (unpaired) electrons. The van der Waals surface area contributed by atoms with Gasteiger partial charge in [-0.05, 0) is 69.2 Å². The van der Waals surface area contributed by atoms with E-state index < -0.39 is 30.7 Å². The van der Waals surface area contributed by atoms with E-state index >= 15 is 0 Å². The Kier molecular flexibility index (Phi) is 12.0. The highest BCUT2D eigenvalue weighted by molar-refractivity contribution is 5.87. The highest BCUT2D eigenvalue weighted by Gasteiger charge is 2.25. The SMILES string of the molecule is CO[C@H](CF)CN(CCCCc1ccc2c(n1)NCCC2)CC[C@H](NC(=O)[C@H](C)c1ccccc1)C(=O)O. The lowest BCUT2D eigenvalue weighted by molar-refractivity contribution is -0.142. The number of aryl methyl sites for hydroxylation is 2. The van der Waals surface area contributed by atoms with Crippen LogP contribution < -0.4 is 10.6 Å². The normalized spacial score (nSPS) is 15.3. The van der Waals surface area contributed by atoms with Gasteiger partial charge < -0.3 is 25.4 Å². The van der Waals surface area contributed by atoms with E-state index in [1.165, 1.54) is 12.7 Å². The molecule has 0 bridgehead atoms. The maximum Gasteiger partial charge on any atom is 0.326 e. The summed E-state index contributed by atoms with van der Waals surface area (Å²) in [5.41, 5.74) is 3.14. The number of carbonyl (C=O) groups excluding carboxylic acids is 1. The van der Waals surface area contributed by atoms with Crippen molar-refractivity contribution in [1.29, 1.82) is 0 Å². The molecule has 38 heavy (non-hydrogen) atoms. The molecular weight excluding hydrogens is 487 g/mol. The Labute approximate surface area is 225 Å². The molecule has 1 aliphatic heterocycles. The number of hydrogen-bond donors (Lipinski definition) is 3. The number of carbonyl (C=O) groups is 2. The van der Waals surface area contributed by atoms with E-state index in [0.717, 1.165) is 55.7 Å². The molecule has 208 valence electrons. The Morgan fingerprint density at radius 1 is 1.18 bits per heavy atom. The van der Waals surface area contributed by atoms with E-state index in [1.807, 2.05) is 35.2 Å². The lowest BCUT2D eigenvalue weighted by atomic mass is 10.00. The number of pyridine rings is 1. The second-order valence-corrected chi connectivity index (χ2v) is 9.93. The number of anilines is 1.